The molecule has 2 unspecified atom stereocenters. The zero-order valence-corrected chi connectivity index (χ0v) is 17.2. The minimum Gasteiger partial charge on any atom is -0.352 e. The van der Waals surface area contributed by atoms with Gasteiger partial charge in [-0.05, 0) is 18.4 Å². The molecule has 0 radical (unpaired) electrons. The van der Waals surface area contributed by atoms with Crippen LogP contribution in [0.1, 0.15) is 37.8 Å². The summed E-state index contributed by atoms with van der Waals surface area (Å²) < 4.78 is 23.7. The Labute approximate surface area is 167 Å². The summed E-state index contributed by atoms with van der Waals surface area (Å²) in [5.41, 5.74) is 0.881. The van der Waals surface area contributed by atoms with Gasteiger partial charge in [0.15, 0.2) is 9.84 Å². The zero-order valence-electron chi connectivity index (χ0n) is 16.3. The minimum absolute atomic E-state index is 0.000135. The third-order valence-electron chi connectivity index (χ3n) is 5.51. The first-order valence-electron chi connectivity index (χ1n) is 9.97. The third kappa shape index (κ3) is 5.11. The van der Waals surface area contributed by atoms with Crippen molar-refractivity contribution in [3.63, 3.8) is 0 Å². The Bertz CT molecular complexity index is 783. The van der Waals surface area contributed by atoms with Crippen molar-refractivity contribution in [1.82, 2.24) is 15.1 Å². The summed E-state index contributed by atoms with van der Waals surface area (Å²) in [4.78, 5) is 29.0. The van der Waals surface area contributed by atoms with Gasteiger partial charge in [-0.2, -0.15) is 0 Å². The lowest BCUT2D eigenvalue weighted by Gasteiger charge is -2.39. The van der Waals surface area contributed by atoms with Gasteiger partial charge in [-0.25, -0.2) is 8.42 Å². The molecule has 28 heavy (non-hydrogen) atoms. The topological polar surface area (TPSA) is 86.8 Å². The number of carbonyl (C=O) groups is 2. The second-order valence-electron chi connectivity index (χ2n) is 7.55. The van der Waals surface area contributed by atoms with Crippen molar-refractivity contribution in [1.29, 1.82) is 0 Å². The van der Waals surface area contributed by atoms with Gasteiger partial charge in [-0.1, -0.05) is 37.3 Å². The smallest absolute Gasteiger partial charge is 0.244 e. The number of carbonyl (C=O) groups excluding carboxylic acids is 2. The number of amides is 2. The van der Waals surface area contributed by atoms with Crippen LogP contribution in [0.4, 0.5) is 0 Å². The summed E-state index contributed by atoms with van der Waals surface area (Å²) in [5.74, 6) is 0.151. The number of piperidine rings is 1. The molecule has 2 saturated heterocycles. The standard InChI is InChI=1S/C20H29N3O4S/c1-2-18(24)21-17-9-6-10-23(15-17)20(25)19(16-7-4-3-5-8-16)22-11-13-28(26,27)14-12-22/h3-5,7-8,17,19H,2,6,9-15H2,1H3,(H,21,24). The summed E-state index contributed by atoms with van der Waals surface area (Å²) in [6.07, 6.45) is 2.14. The lowest BCUT2D eigenvalue weighted by molar-refractivity contribution is -0.139. The highest BCUT2D eigenvalue weighted by Crippen LogP contribution is 2.26. The molecule has 2 amide bonds. The average molecular weight is 408 g/mol. The van der Waals surface area contributed by atoms with Gasteiger partial charge >= 0.3 is 0 Å². The number of hydrogen-bond acceptors (Lipinski definition) is 5. The van der Waals surface area contributed by atoms with E-state index >= 15 is 0 Å². The fourth-order valence-corrected chi connectivity index (χ4v) is 5.16. The Morgan fingerprint density at radius 2 is 1.82 bits per heavy atom. The number of sulfone groups is 1. The first-order chi connectivity index (χ1) is 13.4. The first-order valence-corrected chi connectivity index (χ1v) is 11.8. The Balaban J connectivity index is 1.78. The molecule has 2 aliphatic heterocycles. The Morgan fingerprint density at radius 1 is 1.14 bits per heavy atom. The van der Waals surface area contributed by atoms with E-state index < -0.39 is 15.9 Å². The molecule has 7 nitrogen and oxygen atoms in total. The second-order valence-corrected chi connectivity index (χ2v) is 9.85. The molecule has 3 rings (SSSR count). The number of hydrogen-bond donors (Lipinski definition) is 1. The highest BCUT2D eigenvalue weighted by atomic mass is 32.2. The van der Waals surface area contributed by atoms with Crippen LogP contribution in [-0.2, 0) is 19.4 Å². The summed E-state index contributed by atoms with van der Waals surface area (Å²) >= 11 is 0. The highest BCUT2D eigenvalue weighted by Gasteiger charge is 2.36. The molecule has 0 aromatic heterocycles. The molecular formula is C20H29N3O4S. The Kier molecular flexibility index (Phi) is 6.72. The quantitative estimate of drug-likeness (QED) is 0.786. The fraction of sp³-hybridized carbons (Fsp3) is 0.600. The van der Waals surface area contributed by atoms with Gasteiger partial charge in [0.05, 0.1) is 11.5 Å². The van der Waals surface area contributed by atoms with Gasteiger partial charge in [0.25, 0.3) is 0 Å². The van der Waals surface area contributed by atoms with Crippen LogP contribution < -0.4 is 5.32 Å². The fourth-order valence-electron chi connectivity index (χ4n) is 3.93. The number of benzene rings is 1. The largest absolute Gasteiger partial charge is 0.352 e. The van der Waals surface area contributed by atoms with Gasteiger partial charge < -0.3 is 10.2 Å². The van der Waals surface area contributed by atoms with Gasteiger partial charge in [-0.15, -0.1) is 0 Å². The molecule has 1 N–H and O–H groups in total. The van der Waals surface area contributed by atoms with Crippen LogP contribution in [-0.4, -0.2) is 73.8 Å². The molecule has 2 aliphatic rings. The van der Waals surface area contributed by atoms with Crippen molar-refractivity contribution >= 4 is 21.7 Å². The predicted molar refractivity (Wildman–Crippen MR) is 107 cm³/mol. The van der Waals surface area contributed by atoms with Crippen LogP contribution in [0.3, 0.4) is 0 Å². The van der Waals surface area contributed by atoms with E-state index in [4.69, 9.17) is 0 Å². The first kappa shape index (κ1) is 20.8. The molecule has 1 aromatic rings. The molecule has 0 aliphatic carbocycles. The highest BCUT2D eigenvalue weighted by molar-refractivity contribution is 7.91. The van der Waals surface area contributed by atoms with E-state index in [-0.39, 0.29) is 29.4 Å². The van der Waals surface area contributed by atoms with Crippen LogP contribution in [0.25, 0.3) is 0 Å². The monoisotopic (exact) mass is 407 g/mol. The molecule has 1 aromatic carbocycles. The van der Waals surface area contributed by atoms with Crippen molar-refractivity contribution in [2.45, 2.75) is 38.3 Å². The molecule has 154 valence electrons. The van der Waals surface area contributed by atoms with Crippen molar-refractivity contribution < 1.29 is 18.0 Å². The molecule has 8 heteroatoms. The number of nitrogens with zero attached hydrogens (tertiary/aromatic N) is 2. The van der Waals surface area contributed by atoms with Crippen molar-refractivity contribution in [3.8, 4) is 0 Å². The molecule has 2 atom stereocenters. The van der Waals surface area contributed by atoms with E-state index in [1.54, 1.807) is 0 Å². The molecule has 2 heterocycles. The molecule has 0 spiro atoms. The average Bonchev–Trinajstić information content (AvgIpc) is 2.70. The van der Waals surface area contributed by atoms with E-state index in [0.717, 1.165) is 18.4 Å². The molecule has 0 bridgehead atoms. The maximum atomic E-state index is 13.5. The maximum Gasteiger partial charge on any atom is 0.244 e. The Morgan fingerprint density at radius 3 is 2.46 bits per heavy atom. The maximum absolute atomic E-state index is 13.5. The summed E-state index contributed by atoms with van der Waals surface area (Å²) in [6.45, 7) is 3.69. The normalized spacial score (nSPS) is 23.8. The van der Waals surface area contributed by atoms with Crippen LogP contribution in [0.5, 0.6) is 0 Å². The van der Waals surface area contributed by atoms with Crippen LogP contribution in [0.2, 0.25) is 0 Å². The van der Waals surface area contributed by atoms with E-state index in [1.165, 1.54) is 0 Å². The van der Waals surface area contributed by atoms with E-state index in [1.807, 2.05) is 47.1 Å². The van der Waals surface area contributed by atoms with Gasteiger partial charge in [0, 0.05) is 38.6 Å². The Hall–Kier alpha value is -1.93. The van der Waals surface area contributed by atoms with E-state index in [2.05, 4.69) is 5.32 Å². The number of nitrogens with one attached hydrogen (secondary N) is 1. The van der Waals surface area contributed by atoms with Crippen molar-refractivity contribution in [2.75, 3.05) is 37.7 Å². The predicted octanol–water partition coefficient (Wildman–Crippen LogP) is 0.975. The lowest BCUT2D eigenvalue weighted by atomic mass is 10.00. The van der Waals surface area contributed by atoms with Gasteiger partial charge in [0.2, 0.25) is 11.8 Å². The van der Waals surface area contributed by atoms with Gasteiger partial charge in [0.1, 0.15) is 6.04 Å². The molecular weight excluding hydrogens is 378 g/mol. The third-order valence-corrected chi connectivity index (χ3v) is 7.12. The lowest BCUT2D eigenvalue weighted by Crippen LogP contribution is -2.54. The summed E-state index contributed by atoms with van der Waals surface area (Å²) in [6, 6.07) is 9.04. The van der Waals surface area contributed by atoms with E-state index in [0.29, 0.717) is 32.6 Å². The SMILES string of the molecule is CCC(=O)NC1CCCN(C(=O)C(c2ccccc2)N2CCS(=O)(=O)CC2)C1. The number of likely N-dealkylation sites (tertiary alicyclic amines) is 1. The minimum atomic E-state index is -3.02. The second kappa shape index (κ2) is 9.05. The summed E-state index contributed by atoms with van der Waals surface area (Å²) in [5, 5.41) is 3.00. The van der Waals surface area contributed by atoms with Gasteiger partial charge in [-0.3, -0.25) is 14.5 Å². The molecule has 0 saturated carbocycles. The zero-order chi connectivity index (χ0) is 20.1. The summed E-state index contributed by atoms with van der Waals surface area (Å²) in [7, 11) is -3.02. The molecule has 2 fully saturated rings. The van der Waals surface area contributed by atoms with E-state index in [9.17, 15) is 18.0 Å². The van der Waals surface area contributed by atoms with Crippen LogP contribution in [0.15, 0.2) is 30.3 Å². The van der Waals surface area contributed by atoms with Crippen molar-refractivity contribution in [3.05, 3.63) is 35.9 Å². The number of rotatable bonds is 5. The van der Waals surface area contributed by atoms with Crippen LogP contribution >= 0.6 is 0 Å². The van der Waals surface area contributed by atoms with Crippen molar-refractivity contribution in [2.24, 2.45) is 0 Å². The van der Waals surface area contributed by atoms with Crippen LogP contribution in [0, 0.1) is 0 Å².